The number of thiazole rings is 1. The second-order valence-corrected chi connectivity index (χ2v) is 11.8. The standard InChI is InChI=1S/C28H29N3O2S2/c1-22-16-18-30(19-17-22)35(32,33)26-14-12-24(13-15-26)27-21-34-28(29-25-10-6-3-7-11-25)31(27)20-23-8-4-2-5-9-23/h2-15,21-22H,16-20H2,1H3. The van der Waals surface area contributed by atoms with Crippen LogP contribution in [0.4, 0.5) is 5.69 Å². The molecule has 4 aromatic rings. The van der Waals surface area contributed by atoms with Gasteiger partial charge in [0, 0.05) is 18.5 Å². The summed E-state index contributed by atoms with van der Waals surface area (Å²) in [4.78, 5) is 6.14. The van der Waals surface area contributed by atoms with Crippen molar-refractivity contribution in [1.29, 1.82) is 0 Å². The fourth-order valence-electron chi connectivity index (χ4n) is 4.35. The summed E-state index contributed by atoms with van der Waals surface area (Å²) in [7, 11) is -3.47. The molecule has 1 saturated heterocycles. The van der Waals surface area contributed by atoms with Crippen molar-refractivity contribution >= 4 is 27.0 Å². The Labute approximate surface area is 211 Å². The van der Waals surface area contributed by atoms with Crippen LogP contribution in [0.2, 0.25) is 0 Å². The summed E-state index contributed by atoms with van der Waals surface area (Å²) in [6.45, 7) is 4.05. The summed E-state index contributed by atoms with van der Waals surface area (Å²) in [6.07, 6.45) is 1.83. The van der Waals surface area contributed by atoms with Crippen LogP contribution in [-0.4, -0.2) is 30.4 Å². The number of para-hydroxylation sites is 1. The van der Waals surface area contributed by atoms with Crippen molar-refractivity contribution in [2.75, 3.05) is 13.1 Å². The van der Waals surface area contributed by atoms with Gasteiger partial charge in [-0.25, -0.2) is 13.4 Å². The van der Waals surface area contributed by atoms with E-state index < -0.39 is 10.0 Å². The van der Waals surface area contributed by atoms with Gasteiger partial charge in [0.25, 0.3) is 0 Å². The Morgan fingerprint density at radius 3 is 2.17 bits per heavy atom. The largest absolute Gasteiger partial charge is 0.312 e. The van der Waals surface area contributed by atoms with Gasteiger partial charge < -0.3 is 4.57 Å². The fourth-order valence-corrected chi connectivity index (χ4v) is 6.75. The van der Waals surface area contributed by atoms with Crippen LogP contribution in [0.15, 0.2) is 100 Å². The molecular formula is C28H29N3O2S2. The van der Waals surface area contributed by atoms with Gasteiger partial charge in [0.15, 0.2) is 4.80 Å². The smallest absolute Gasteiger partial charge is 0.243 e. The van der Waals surface area contributed by atoms with Gasteiger partial charge in [-0.05, 0) is 54.2 Å². The molecule has 0 N–H and O–H groups in total. The first-order valence-electron chi connectivity index (χ1n) is 11.9. The molecule has 1 aliphatic heterocycles. The van der Waals surface area contributed by atoms with Crippen LogP contribution in [-0.2, 0) is 16.6 Å². The normalized spacial score (nSPS) is 16.0. The van der Waals surface area contributed by atoms with Gasteiger partial charge in [0.1, 0.15) is 0 Å². The van der Waals surface area contributed by atoms with E-state index in [0.717, 1.165) is 34.6 Å². The van der Waals surface area contributed by atoms with Crippen LogP contribution >= 0.6 is 11.3 Å². The van der Waals surface area contributed by atoms with Crippen molar-refractivity contribution in [2.24, 2.45) is 10.9 Å². The van der Waals surface area contributed by atoms with Crippen molar-refractivity contribution in [3.63, 3.8) is 0 Å². The van der Waals surface area contributed by atoms with Crippen molar-refractivity contribution in [1.82, 2.24) is 8.87 Å². The van der Waals surface area contributed by atoms with Crippen LogP contribution in [0.1, 0.15) is 25.3 Å². The Hall–Kier alpha value is -3.00. The quantitative estimate of drug-likeness (QED) is 0.328. The van der Waals surface area contributed by atoms with Crippen LogP contribution in [0.3, 0.4) is 0 Å². The van der Waals surface area contributed by atoms with Crippen molar-refractivity contribution < 1.29 is 8.42 Å². The number of hydrogen-bond donors (Lipinski definition) is 0. The van der Waals surface area contributed by atoms with Gasteiger partial charge in [-0.1, -0.05) is 67.6 Å². The summed E-state index contributed by atoms with van der Waals surface area (Å²) in [5.74, 6) is 0.581. The Morgan fingerprint density at radius 1 is 0.886 bits per heavy atom. The maximum atomic E-state index is 13.2. The lowest BCUT2D eigenvalue weighted by Gasteiger charge is -2.29. The van der Waals surface area contributed by atoms with Gasteiger partial charge in [-0.3, -0.25) is 0 Å². The average Bonchev–Trinajstić information content (AvgIpc) is 3.27. The van der Waals surface area contributed by atoms with E-state index in [9.17, 15) is 8.42 Å². The van der Waals surface area contributed by atoms with E-state index >= 15 is 0 Å². The van der Waals surface area contributed by atoms with Gasteiger partial charge in [0.2, 0.25) is 10.0 Å². The number of nitrogens with zero attached hydrogens (tertiary/aromatic N) is 3. The summed E-state index contributed by atoms with van der Waals surface area (Å²) >= 11 is 1.59. The fraction of sp³-hybridized carbons (Fsp3) is 0.250. The highest BCUT2D eigenvalue weighted by Crippen LogP contribution is 2.27. The Kier molecular flexibility index (Phi) is 7.00. The molecule has 0 atom stereocenters. The number of aromatic nitrogens is 1. The molecule has 0 spiro atoms. The molecule has 35 heavy (non-hydrogen) atoms. The molecule has 1 fully saturated rings. The van der Waals surface area contributed by atoms with Gasteiger partial charge in [-0.15, -0.1) is 11.3 Å². The molecule has 7 heteroatoms. The van der Waals surface area contributed by atoms with E-state index in [0.29, 0.717) is 30.4 Å². The molecule has 0 unspecified atom stereocenters. The first-order chi connectivity index (χ1) is 17.0. The lowest BCUT2D eigenvalue weighted by Crippen LogP contribution is -2.37. The first-order valence-corrected chi connectivity index (χ1v) is 14.3. The lowest BCUT2D eigenvalue weighted by molar-refractivity contribution is 0.288. The number of benzene rings is 3. The van der Waals surface area contributed by atoms with E-state index in [1.54, 1.807) is 27.8 Å². The molecule has 1 aromatic heterocycles. The third kappa shape index (κ3) is 5.32. The van der Waals surface area contributed by atoms with E-state index in [4.69, 9.17) is 4.99 Å². The molecule has 0 aliphatic carbocycles. The highest BCUT2D eigenvalue weighted by atomic mass is 32.2. The minimum absolute atomic E-state index is 0.356. The van der Waals surface area contributed by atoms with Gasteiger partial charge >= 0.3 is 0 Å². The summed E-state index contributed by atoms with van der Waals surface area (Å²) < 4.78 is 30.2. The zero-order valence-corrected chi connectivity index (χ0v) is 21.4. The second-order valence-electron chi connectivity index (χ2n) is 9.03. The summed E-state index contributed by atoms with van der Waals surface area (Å²) in [6, 6.07) is 27.5. The molecule has 0 bridgehead atoms. The SMILES string of the molecule is CC1CCN(S(=O)(=O)c2ccc(-c3csc(=Nc4ccccc4)n3Cc3ccccc3)cc2)CC1. The third-order valence-electron chi connectivity index (χ3n) is 6.49. The van der Waals surface area contributed by atoms with Gasteiger partial charge in [-0.2, -0.15) is 4.31 Å². The van der Waals surface area contributed by atoms with E-state index in [1.165, 1.54) is 5.56 Å². The summed E-state index contributed by atoms with van der Waals surface area (Å²) in [5.41, 5.74) is 4.07. The lowest BCUT2D eigenvalue weighted by atomic mass is 10.0. The molecule has 0 amide bonds. The first kappa shape index (κ1) is 23.7. The van der Waals surface area contributed by atoms with Crippen LogP contribution in [0.25, 0.3) is 11.3 Å². The molecule has 5 nitrogen and oxygen atoms in total. The molecule has 2 heterocycles. The number of hydrogen-bond acceptors (Lipinski definition) is 4. The Balaban J connectivity index is 1.50. The zero-order chi connectivity index (χ0) is 24.3. The molecular weight excluding hydrogens is 474 g/mol. The molecule has 5 rings (SSSR count). The van der Waals surface area contributed by atoms with Crippen LogP contribution in [0.5, 0.6) is 0 Å². The van der Waals surface area contributed by atoms with E-state index in [1.807, 2.05) is 60.7 Å². The van der Waals surface area contributed by atoms with E-state index in [2.05, 4.69) is 29.0 Å². The molecule has 3 aromatic carbocycles. The highest BCUT2D eigenvalue weighted by Gasteiger charge is 2.28. The topological polar surface area (TPSA) is 54.7 Å². The molecule has 0 saturated carbocycles. The monoisotopic (exact) mass is 503 g/mol. The zero-order valence-electron chi connectivity index (χ0n) is 19.7. The van der Waals surface area contributed by atoms with Crippen LogP contribution < -0.4 is 4.80 Å². The number of rotatable bonds is 6. The van der Waals surface area contributed by atoms with Gasteiger partial charge in [0.05, 0.1) is 22.8 Å². The maximum absolute atomic E-state index is 13.2. The number of sulfonamides is 1. The minimum Gasteiger partial charge on any atom is -0.312 e. The molecule has 0 radical (unpaired) electrons. The van der Waals surface area contributed by atoms with E-state index in [-0.39, 0.29) is 0 Å². The number of piperidine rings is 1. The Morgan fingerprint density at radius 2 is 1.51 bits per heavy atom. The van der Waals surface area contributed by atoms with Crippen molar-refractivity contribution in [3.8, 4) is 11.3 Å². The third-order valence-corrected chi connectivity index (χ3v) is 9.27. The predicted octanol–water partition coefficient (Wildman–Crippen LogP) is 5.92. The molecule has 180 valence electrons. The average molecular weight is 504 g/mol. The Bertz CT molecular complexity index is 1430. The van der Waals surface area contributed by atoms with Crippen molar-refractivity contribution in [2.45, 2.75) is 31.2 Å². The van der Waals surface area contributed by atoms with Crippen LogP contribution in [0, 0.1) is 5.92 Å². The highest BCUT2D eigenvalue weighted by molar-refractivity contribution is 7.89. The maximum Gasteiger partial charge on any atom is 0.243 e. The molecule has 1 aliphatic rings. The van der Waals surface area contributed by atoms with Crippen molar-refractivity contribution in [3.05, 3.63) is 101 Å². The summed E-state index contributed by atoms with van der Waals surface area (Å²) in [5, 5.41) is 2.10. The minimum atomic E-state index is -3.47. The second kappa shape index (κ2) is 10.3. The predicted molar refractivity (Wildman–Crippen MR) is 142 cm³/mol.